The van der Waals surface area contributed by atoms with E-state index in [1.54, 1.807) is 12.1 Å². The van der Waals surface area contributed by atoms with Gasteiger partial charge in [-0.3, -0.25) is 0 Å². The van der Waals surface area contributed by atoms with E-state index in [1.165, 1.54) is 26.4 Å². The highest BCUT2D eigenvalue weighted by molar-refractivity contribution is 6.31. The quantitative estimate of drug-likeness (QED) is 0.488. The molecule has 2 aromatic rings. The fourth-order valence-corrected chi connectivity index (χ4v) is 5.15. The molecule has 1 aliphatic carbocycles. The molecule has 0 amide bonds. The number of aliphatic hydroxyl groups excluding tert-OH is 3. The molecule has 34 heavy (non-hydrogen) atoms. The Morgan fingerprint density at radius 1 is 1.12 bits per heavy atom. The minimum Gasteiger partial charge on any atom is -0.493 e. The van der Waals surface area contributed by atoms with Crippen LogP contribution in [0.2, 0.25) is 5.02 Å². The smallest absolute Gasteiger partial charge is 0.197 e. The Hall–Kier alpha value is -1.67. The summed E-state index contributed by atoms with van der Waals surface area (Å²) in [5.74, 6) is -0.417. The van der Waals surface area contributed by atoms with Gasteiger partial charge in [0, 0.05) is 29.5 Å². The highest BCUT2D eigenvalue weighted by atomic mass is 35.5. The van der Waals surface area contributed by atoms with E-state index in [0.29, 0.717) is 22.4 Å². The minimum absolute atomic E-state index is 0.0352. The Kier molecular flexibility index (Phi) is 7.87. The minimum atomic E-state index is -1.29. The van der Waals surface area contributed by atoms with Crippen LogP contribution in [0.15, 0.2) is 42.5 Å². The maximum absolute atomic E-state index is 10.4. The summed E-state index contributed by atoms with van der Waals surface area (Å²) in [4.78, 5) is 0. The zero-order valence-corrected chi connectivity index (χ0v) is 20.6. The van der Waals surface area contributed by atoms with Gasteiger partial charge in [0.25, 0.3) is 0 Å². The molecule has 0 spiro atoms. The highest BCUT2D eigenvalue weighted by Gasteiger charge is 2.47. The van der Waals surface area contributed by atoms with E-state index in [1.807, 2.05) is 30.3 Å². The predicted molar refractivity (Wildman–Crippen MR) is 130 cm³/mol. The van der Waals surface area contributed by atoms with Gasteiger partial charge >= 0.3 is 0 Å². The summed E-state index contributed by atoms with van der Waals surface area (Å²) in [6, 6.07) is 13.6. The molecule has 4 rings (SSSR count). The van der Waals surface area contributed by atoms with Crippen LogP contribution in [-0.2, 0) is 21.7 Å². The second-order valence-electron chi connectivity index (χ2n) is 9.68. The third-order valence-electron chi connectivity index (χ3n) is 7.62. The largest absolute Gasteiger partial charge is 0.493 e. The number of rotatable bonds is 9. The summed E-state index contributed by atoms with van der Waals surface area (Å²) in [5, 5.41) is 30.7. The zero-order chi connectivity index (χ0) is 24.3. The summed E-state index contributed by atoms with van der Waals surface area (Å²) < 4.78 is 17.7. The summed E-state index contributed by atoms with van der Waals surface area (Å²) >= 11 is 6.52. The fourth-order valence-electron chi connectivity index (χ4n) is 4.97. The van der Waals surface area contributed by atoms with Crippen LogP contribution in [0.5, 0.6) is 5.75 Å². The van der Waals surface area contributed by atoms with Gasteiger partial charge in [0.1, 0.15) is 18.0 Å². The van der Waals surface area contributed by atoms with Gasteiger partial charge < -0.3 is 29.5 Å². The van der Waals surface area contributed by atoms with Gasteiger partial charge in [-0.15, -0.1) is 0 Å². The fraction of sp³-hybridized carbons (Fsp3) is 0.556. The molecule has 0 radical (unpaired) electrons. The normalized spacial score (nSPS) is 28.4. The number of halogens is 1. The van der Waals surface area contributed by atoms with E-state index in [0.717, 1.165) is 29.9 Å². The molecule has 2 fully saturated rings. The first-order valence-corrected chi connectivity index (χ1v) is 12.4. The van der Waals surface area contributed by atoms with Crippen LogP contribution in [-0.4, -0.2) is 54.0 Å². The Bertz CT molecular complexity index is 955. The molecule has 1 aliphatic heterocycles. The van der Waals surface area contributed by atoms with E-state index in [2.05, 4.69) is 6.92 Å². The first-order chi connectivity index (χ1) is 16.3. The van der Waals surface area contributed by atoms with Crippen LogP contribution in [0.4, 0.5) is 0 Å². The molecule has 4 unspecified atom stereocenters. The number of hydrogen-bond donors (Lipinski definition) is 3. The van der Waals surface area contributed by atoms with Crippen molar-refractivity contribution in [2.24, 2.45) is 5.41 Å². The van der Waals surface area contributed by atoms with Crippen molar-refractivity contribution in [1.82, 2.24) is 0 Å². The molecule has 2 aliphatic rings. The van der Waals surface area contributed by atoms with Crippen LogP contribution < -0.4 is 4.74 Å². The van der Waals surface area contributed by atoms with Crippen LogP contribution >= 0.6 is 11.6 Å². The summed E-state index contributed by atoms with van der Waals surface area (Å²) in [6.45, 7) is 2.57. The molecule has 0 bridgehead atoms. The third-order valence-corrected chi connectivity index (χ3v) is 7.99. The zero-order valence-electron chi connectivity index (χ0n) is 19.9. The van der Waals surface area contributed by atoms with E-state index in [4.69, 9.17) is 25.8 Å². The maximum atomic E-state index is 10.4. The molecular weight excluding hydrogens is 456 g/mol. The Labute approximate surface area is 206 Å². The first-order valence-electron chi connectivity index (χ1n) is 12.0. The molecule has 1 saturated carbocycles. The average Bonchev–Trinajstić information content (AvgIpc) is 2.83. The molecule has 1 heterocycles. The molecule has 3 N–H and O–H groups in total. The van der Waals surface area contributed by atoms with Crippen LogP contribution in [0.25, 0.3) is 0 Å². The van der Waals surface area contributed by atoms with E-state index >= 15 is 0 Å². The van der Waals surface area contributed by atoms with Crippen molar-refractivity contribution in [3.8, 4) is 5.75 Å². The van der Waals surface area contributed by atoms with Gasteiger partial charge in [-0.25, -0.2) is 0 Å². The molecule has 0 aromatic heterocycles. The first kappa shape index (κ1) is 25.4. The van der Waals surface area contributed by atoms with Gasteiger partial charge in [-0.2, -0.15) is 0 Å². The van der Waals surface area contributed by atoms with Crippen molar-refractivity contribution in [2.45, 2.75) is 69.5 Å². The molecule has 186 valence electrons. The van der Waals surface area contributed by atoms with E-state index in [-0.39, 0.29) is 6.42 Å². The van der Waals surface area contributed by atoms with Gasteiger partial charge in [-0.05, 0) is 61.1 Å². The van der Waals surface area contributed by atoms with Crippen molar-refractivity contribution in [3.05, 3.63) is 64.2 Å². The molecular formula is C27H35ClO6. The lowest BCUT2D eigenvalue weighted by molar-refractivity contribution is -0.323. The SMILES string of the molecule is CCC1(COc2ccc(Cc3cc(C4(OC)CC(O)C(O)C(CO)O4)ccc3Cl)cc2)CCC1. The Balaban J connectivity index is 1.49. The lowest BCUT2D eigenvalue weighted by atomic mass is 9.68. The molecule has 7 heteroatoms. The van der Waals surface area contributed by atoms with Crippen LogP contribution in [0, 0.1) is 5.41 Å². The Morgan fingerprint density at radius 2 is 1.85 bits per heavy atom. The molecule has 1 saturated heterocycles. The lowest BCUT2D eigenvalue weighted by Gasteiger charge is -2.44. The molecule has 6 nitrogen and oxygen atoms in total. The standard InChI is InChI=1S/C27H35ClO6/c1-3-26(11-4-12-26)17-33-21-8-5-18(6-9-21)13-19-14-20(7-10-22(19)28)27(32-2)15-23(30)25(31)24(16-29)34-27/h5-10,14,23-25,29-31H,3-4,11-13,15-17H2,1-2H3. The number of aliphatic hydroxyl groups is 3. The molecule has 4 atom stereocenters. The van der Waals surface area contributed by atoms with E-state index in [9.17, 15) is 15.3 Å². The summed E-state index contributed by atoms with van der Waals surface area (Å²) in [7, 11) is 1.48. The number of hydrogen-bond acceptors (Lipinski definition) is 6. The van der Waals surface area contributed by atoms with Crippen molar-refractivity contribution in [3.63, 3.8) is 0 Å². The van der Waals surface area contributed by atoms with E-state index < -0.39 is 30.7 Å². The summed E-state index contributed by atoms with van der Waals surface area (Å²) in [6.07, 6.45) is 2.35. The monoisotopic (exact) mass is 490 g/mol. The number of methoxy groups -OCH3 is 1. The van der Waals surface area contributed by atoms with Crippen molar-refractivity contribution in [1.29, 1.82) is 0 Å². The Morgan fingerprint density at radius 3 is 2.44 bits per heavy atom. The average molecular weight is 491 g/mol. The van der Waals surface area contributed by atoms with Gasteiger partial charge in [0.15, 0.2) is 5.79 Å². The van der Waals surface area contributed by atoms with Crippen LogP contribution in [0.1, 0.15) is 55.7 Å². The maximum Gasteiger partial charge on any atom is 0.197 e. The predicted octanol–water partition coefficient (Wildman–Crippen LogP) is 4.19. The van der Waals surface area contributed by atoms with Crippen LogP contribution in [0.3, 0.4) is 0 Å². The molecule has 2 aromatic carbocycles. The second-order valence-corrected chi connectivity index (χ2v) is 10.1. The third kappa shape index (κ3) is 5.13. The van der Waals surface area contributed by atoms with Gasteiger partial charge in [0.2, 0.25) is 0 Å². The topological polar surface area (TPSA) is 88.4 Å². The van der Waals surface area contributed by atoms with Crippen molar-refractivity contribution < 1.29 is 29.5 Å². The van der Waals surface area contributed by atoms with Gasteiger partial charge in [0.05, 0.1) is 19.3 Å². The summed E-state index contributed by atoms with van der Waals surface area (Å²) in [5.41, 5.74) is 2.99. The highest BCUT2D eigenvalue weighted by Crippen LogP contribution is 2.44. The van der Waals surface area contributed by atoms with Gasteiger partial charge in [-0.1, -0.05) is 43.1 Å². The second kappa shape index (κ2) is 10.5. The van der Waals surface area contributed by atoms with Crippen molar-refractivity contribution in [2.75, 3.05) is 20.3 Å². The lowest BCUT2D eigenvalue weighted by Crippen LogP contribution is -2.55. The van der Waals surface area contributed by atoms with Crippen molar-refractivity contribution >= 4 is 11.6 Å². The number of benzene rings is 2. The number of ether oxygens (including phenoxy) is 3.